The summed E-state index contributed by atoms with van der Waals surface area (Å²) in [6, 6.07) is 6.06. The van der Waals surface area contributed by atoms with E-state index < -0.39 is 21.5 Å². The van der Waals surface area contributed by atoms with Crippen molar-refractivity contribution in [3.63, 3.8) is 0 Å². The van der Waals surface area contributed by atoms with Gasteiger partial charge in [0.2, 0.25) is 5.91 Å². The molecular formula is C13H20N2O3S. The van der Waals surface area contributed by atoms with Crippen LogP contribution >= 0.6 is 0 Å². The van der Waals surface area contributed by atoms with Crippen molar-refractivity contribution in [2.24, 2.45) is 5.92 Å². The lowest BCUT2D eigenvalue weighted by Gasteiger charge is -2.17. The van der Waals surface area contributed by atoms with Crippen molar-refractivity contribution in [1.29, 1.82) is 0 Å². The summed E-state index contributed by atoms with van der Waals surface area (Å²) in [5, 5.41) is 2.67. The molecule has 1 aromatic rings. The molecule has 106 valence electrons. The molecule has 19 heavy (non-hydrogen) atoms. The molecule has 1 amide bonds. The van der Waals surface area contributed by atoms with E-state index in [2.05, 4.69) is 5.32 Å². The molecule has 1 atom stereocenters. The first-order chi connectivity index (χ1) is 8.74. The Balaban J connectivity index is 2.82. The number of nitrogens with one attached hydrogen (secondary N) is 1. The topological polar surface area (TPSA) is 89.3 Å². The van der Waals surface area contributed by atoms with E-state index in [4.69, 9.17) is 5.73 Å². The average molecular weight is 284 g/mol. The second-order valence-corrected chi connectivity index (χ2v) is 6.86. The summed E-state index contributed by atoms with van der Waals surface area (Å²) in [5.41, 5.74) is 5.78. The van der Waals surface area contributed by atoms with Gasteiger partial charge in [0, 0.05) is 6.04 Å². The van der Waals surface area contributed by atoms with Gasteiger partial charge in [-0.05, 0) is 25.0 Å². The Morgan fingerprint density at radius 2 is 1.84 bits per heavy atom. The Morgan fingerprint density at radius 3 is 2.37 bits per heavy atom. The number of amides is 1. The van der Waals surface area contributed by atoms with E-state index in [1.54, 1.807) is 12.1 Å². The second kappa shape index (κ2) is 6.06. The molecule has 0 aliphatic carbocycles. The van der Waals surface area contributed by atoms with E-state index in [0.717, 1.165) is 0 Å². The minimum atomic E-state index is -3.70. The number of carbonyl (C=O) groups is 1. The van der Waals surface area contributed by atoms with E-state index in [1.165, 1.54) is 12.1 Å². The van der Waals surface area contributed by atoms with Gasteiger partial charge >= 0.3 is 0 Å². The molecule has 0 aliphatic heterocycles. The third-order valence-corrected chi connectivity index (χ3v) is 4.65. The first-order valence-electron chi connectivity index (χ1n) is 6.10. The largest absolute Gasteiger partial charge is 0.398 e. The molecular weight excluding hydrogens is 264 g/mol. The number of sulfone groups is 1. The van der Waals surface area contributed by atoms with Crippen molar-refractivity contribution >= 4 is 21.4 Å². The molecule has 0 heterocycles. The van der Waals surface area contributed by atoms with E-state index in [0.29, 0.717) is 0 Å². The maximum absolute atomic E-state index is 12.1. The number of benzene rings is 1. The van der Waals surface area contributed by atoms with E-state index in [1.807, 2.05) is 20.8 Å². The predicted octanol–water partition coefficient (Wildman–Crippen LogP) is 1.20. The summed E-state index contributed by atoms with van der Waals surface area (Å²) in [4.78, 5) is 11.7. The maximum Gasteiger partial charge on any atom is 0.235 e. The lowest BCUT2D eigenvalue weighted by molar-refractivity contribution is -0.119. The highest BCUT2D eigenvalue weighted by molar-refractivity contribution is 7.92. The maximum atomic E-state index is 12.1. The van der Waals surface area contributed by atoms with Crippen LogP contribution in [0.3, 0.4) is 0 Å². The fourth-order valence-corrected chi connectivity index (χ4v) is 2.77. The fourth-order valence-electron chi connectivity index (χ4n) is 1.48. The highest BCUT2D eigenvalue weighted by Crippen LogP contribution is 2.18. The Morgan fingerprint density at radius 1 is 1.26 bits per heavy atom. The van der Waals surface area contributed by atoms with Gasteiger partial charge in [-0.25, -0.2) is 8.42 Å². The minimum absolute atomic E-state index is 0.00218. The van der Waals surface area contributed by atoms with Crippen molar-refractivity contribution in [3.05, 3.63) is 24.3 Å². The molecule has 6 heteroatoms. The van der Waals surface area contributed by atoms with E-state index in [9.17, 15) is 13.2 Å². The van der Waals surface area contributed by atoms with Crippen LogP contribution in [0, 0.1) is 5.92 Å². The zero-order valence-electron chi connectivity index (χ0n) is 11.4. The third kappa shape index (κ3) is 4.24. The molecule has 0 saturated carbocycles. The lowest BCUT2D eigenvalue weighted by Crippen LogP contribution is -2.39. The van der Waals surface area contributed by atoms with Crippen LogP contribution in [0.25, 0.3) is 0 Å². The normalized spacial score (nSPS) is 13.3. The molecule has 0 bridgehead atoms. The molecule has 5 nitrogen and oxygen atoms in total. The average Bonchev–Trinajstić information content (AvgIpc) is 2.27. The van der Waals surface area contributed by atoms with Crippen LogP contribution in [0.4, 0.5) is 5.69 Å². The van der Waals surface area contributed by atoms with Gasteiger partial charge in [0.05, 0.1) is 10.6 Å². The number of nitrogens with two attached hydrogens (primary N) is 1. The molecule has 1 unspecified atom stereocenters. The summed E-state index contributed by atoms with van der Waals surface area (Å²) in [6.45, 7) is 5.75. The van der Waals surface area contributed by atoms with Gasteiger partial charge in [0.25, 0.3) is 0 Å². The SMILES string of the molecule is CC(C)C(C)NC(=O)CS(=O)(=O)c1ccccc1N. The molecule has 1 aromatic carbocycles. The summed E-state index contributed by atoms with van der Waals surface area (Å²) in [7, 11) is -3.70. The Labute approximate surface area is 114 Å². The molecule has 0 aliphatic rings. The summed E-state index contributed by atoms with van der Waals surface area (Å²) < 4.78 is 24.1. The molecule has 1 rings (SSSR count). The minimum Gasteiger partial charge on any atom is -0.398 e. The summed E-state index contributed by atoms with van der Waals surface area (Å²) >= 11 is 0. The quantitative estimate of drug-likeness (QED) is 0.795. The van der Waals surface area contributed by atoms with Gasteiger partial charge in [-0.3, -0.25) is 4.79 Å². The van der Waals surface area contributed by atoms with Crippen molar-refractivity contribution in [2.45, 2.75) is 31.7 Å². The van der Waals surface area contributed by atoms with Crippen LogP contribution in [-0.4, -0.2) is 26.1 Å². The highest BCUT2D eigenvalue weighted by atomic mass is 32.2. The standard InChI is InChI=1S/C13H20N2O3S/c1-9(2)10(3)15-13(16)8-19(17,18)12-7-5-4-6-11(12)14/h4-7,9-10H,8,14H2,1-3H3,(H,15,16). The molecule has 0 saturated heterocycles. The van der Waals surface area contributed by atoms with E-state index in [-0.39, 0.29) is 22.5 Å². The molecule has 0 spiro atoms. The smallest absolute Gasteiger partial charge is 0.235 e. The highest BCUT2D eigenvalue weighted by Gasteiger charge is 2.22. The number of hydrogen-bond acceptors (Lipinski definition) is 4. The first kappa shape index (κ1) is 15.5. The van der Waals surface area contributed by atoms with Gasteiger partial charge in [-0.15, -0.1) is 0 Å². The fraction of sp³-hybridized carbons (Fsp3) is 0.462. The predicted molar refractivity (Wildman–Crippen MR) is 75.3 cm³/mol. The van der Waals surface area contributed by atoms with Crippen molar-refractivity contribution in [3.8, 4) is 0 Å². The Hall–Kier alpha value is -1.56. The number of anilines is 1. The van der Waals surface area contributed by atoms with Crippen LogP contribution in [0.5, 0.6) is 0 Å². The van der Waals surface area contributed by atoms with Crippen molar-refractivity contribution in [1.82, 2.24) is 5.32 Å². The Bertz CT molecular complexity index is 553. The number of para-hydroxylation sites is 1. The van der Waals surface area contributed by atoms with Crippen LogP contribution < -0.4 is 11.1 Å². The van der Waals surface area contributed by atoms with Crippen molar-refractivity contribution < 1.29 is 13.2 Å². The third-order valence-electron chi connectivity index (χ3n) is 2.96. The second-order valence-electron chi connectivity index (χ2n) is 4.90. The van der Waals surface area contributed by atoms with Crippen LogP contribution in [-0.2, 0) is 14.6 Å². The monoisotopic (exact) mass is 284 g/mol. The van der Waals surface area contributed by atoms with Crippen LogP contribution in [0.1, 0.15) is 20.8 Å². The van der Waals surface area contributed by atoms with Gasteiger partial charge in [-0.1, -0.05) is 26.0 Å². The lowest BCUT2D eigenvalue weighted by atomic mass is 10.1. The Kier molecular flexibility index (Phi) is 4.94. The number of rotatable bonds is 5. The summed E-state index contributed by atoms with van der Waals surface area (Å²) in [5.74, 6) is -0.851. The van der Waals surface area contributed by atoms with Crippen LogP contribution in [0.15, 0.2) is 29.2 Å². The van der Waals surface area contributed by atoms with Gasteiger partial charge < -0.3 is 11.1 Å². The van der Waals surface area contributed by atoms with Gasteiger partial charge in [-0.2, -0.15) is 0 Å². The molecule has 0 aromatic heterocycles. The zero-order valence-corrected chi connectivity index (χ0v) is 12.2. The molecule has 0 fully saturated rings. The first-order valence-corrected chi connectivity index (χ1v) is 7.76. The van der Waals surface area contributed by atoms with Gasteiger partial charge in [0.1, 0.15) is 5.75 Å². The van der Waals surface area contributed by atoms with Crippen LogP contribution in [0.2, 0.25) is 0 Å². The summed E-state index contributed by atoms with van der Waals surface area (Å²) in [6.07, 6.45) is 0. The number of nitrogen functional groups attached to an aromatic ring is 1. The number of carbonyl (C=O) groups excluding carboxylic acids is 1. The zero-order chi connectivity index (χ0) is 14.6. The van der Waals surface area contributed by atoms with Crippen molar-refractivity contribution in [2.75, 3.05) is 11.5 Å². The molecule has 3 N–H and O–H groups in total. The van der Waals surface area contributed by atoms with Gasteiger partial charge in [0.15, 0.2) is 9.84 Å². The molecule has 0 radical (unpaired) electrons. The van der Waals surface area contributed by atoms with E-state index >= 15 is 0 Å². The number of hydrogen-bond donors (Lipinski definition) is 2.